The fraction of sp³-hybridized carbons (Fsp3) is 0.312. The molecule has 0 spiro atoms. The molecule has 1 fully saturated rings. The van der Waals surface area contributed by atoms with E-state index in [1.54, 1.807) is 23.7 Å². The van der Waals surface area contributed by atoms with Crippen LogP contribution in [0.5, 0.6) is 0 Å². The van der Waals surface area contributed by atoms with Crippen LogP contribution in [-0.4, -0.2) is 34.1 Å². The maximum atomic E-state index is 4.63. The van der Waals surface area contributed by atoms with Crippen LogP contribution in [0.2, 0.25) is 0 Å². The molecule has 0 atom stereocenters. The van der Waals surface area contributed by atoms with Crippen molar-refractivity contribution < 1.29 is 0 Å². The first-order chi connectivity index (χ1) is 11.3. The standard InChI is InChI=1S/C16H18N6S/c1-17-14-15(19-7-6-18-14)20-10-8-11(9-10)21-16-22-12-4-2-3-5-13(12)23-16/h2-7,10-11H,8-9H2,1H3,(H,17,18)(H,19,20)(H,21,22)/t10-,11+. The lowest BCUT2D eigenvalue weighted by molar-refractivity contribution is 0.396. The summed E-state index contributed by atoms with van der Waals surface area (Å²) in [6, 6.07) is 9.11. The third-order valence-corrected chi connectivity index (χ3v) is 5.00. The lowest BCUT2D eigenvalue weighted by Crippen LogP contribution is -2.43. The van der Waals surface area contributed by atoms with Crippen LogP contribution >= 0.6 is 11.3 Å². The van der Waals surface area contributed by atoms with Gasteiger partial charge in [-0.05, 0) is 25.0 Å². The Bertz CT molecular complexity index is 778. The van der Waals surface area contributed by atoms with E-state index in [1.165, 1.54) is 4.70 Å². The fourth-order valence-electron chi connectivity index (χ4n) is 2.78. The molecule has 2 aromatic heterocycles. The number of fused-ring (bicyclic) bond motifs is 1. The van der Waals surface area contributed by atoms with Gasteiger partial charge in [-0.2, -0.15) is 0 Å². The van der Waals surface area contributed by atoms with E-state index < -0.39 is 0 Å². The molecule has 0 bridgehead atoms. The Morgan fingerprint density at radius 1 is 1.00 bits per heavy atom. The summed E-state index contributed by atoms with van der Waals surface area (Å²) in [6.07, 6.45) is 5.50. The lowest BCUT2D eigenvalue weighted by atomic mass is 9.87. The van der Waals surface area contributed by atoms with Crippen LogP contribution in [-0.2, 0) is 0 Å². The van der Waals surface area contributed by atoms with Gasteiger partial charge in [-0.1, -0.05) is 23.5 Å². The Labute approximate surface area is 138 Å². The van der Waals surface area contributed by atoms with Gasteiger partial charge in [0.15, 0.2) is 16.8 Å². The molecule has 1 saturated carbocycles. The average molecular weight is 326 g/mol. The second-order valence-corrected chi connectivity index (χ2v) is 6.67. The molecule has 6 nitrogen and oxygen atoms in total. The summed E-state index contributed by atoms with van der Waals surface area (Å²) in [5.41, 5.74) is 1.06. The molecular weight excluding hydrogens is 308 g/mol. The lowest BCUT2D eigenvalue weighted by Gasteiger charge is -2.36. The molecule has 0 radical (unpaired) electrons. The second kappa shape index (κ2) is 6.00. The SMILES string of the molecule is CNc1nccnc1N[C@H]1C[C@@H](Nc2nc3ccccc3s2)C1. The quantitative estimate of drug-likeness (QED) is 0.669. The predicted molar refractivity (Wildman–Crippen MR) is 95.3 cm³/mol. The van der Waals surface area contributed by atoms with E-state index in [0.29, 0.717) is 12.1 Å². The molecular formula is C16H18N6S. The van der Waals surface area contributed by atoms with Gasteiger partial charge < -0.3 is 16.0 Å². The van der Waals surface area contributed by atoms with Crippen molar-refractivity contribution in [2.45, 2.75) is 24.9 Å². The summed E-state index contributed by atoms with van der Waals surface area (Å²) in [4.78, 5) is 13.2. The Morgan fingerprint density at radius 3 is 2.52 bits per heavy atom. The van der Waals surface area contributed by atoms with Crippen LogP contribution in [0.4, 0.5) is 16.8 Å². The fourth-order valence-corrected chi connectivity index (χ4v) is 3.72. The van der Waals surface area contributed by atoms with E-state index >= 15 is 0 Å². The number of hydrogen-bond donors (Lipinski definition) is 3. The van der Waals surface area contributed by atoms with Crippen molar-refractivity contribution in [1.82, 2.24) is 15.0 Å². The van der Waals surface area contributed by atoms with Crippen LogP contribution in [0.25, 0.3) is 10.2 Å². The minimum Gasteiger partial charge on any atom is -0.370 e. The first-order valence-electron chi connectivity index (χ1n) is 7.69. The van der Waals surface area contributed by atoms with Gasteiger partial charge in [-0.25, -0.2) is 15.0 Å². The van der Waals surface area contributed by atoms with E-state index in [4.69, 9.17) is 0 Å². The highest BCUT2D eigenvalue weighted by molar-refractivity contribution is 7.22. The number of rotatable bonds is 5. The maximum absolute atomic E-state index is 4.63. The molecule has 3 aromatic rings. The van der Waals surface area contributed by atoms with Crippen molar-refractivity contribution in [2.75, 3.05) is 23.0 Å². The van der Waals surface area contributed by atoms with Crippen molar-refractivity contribution in [3.05, 3.63) is 36.7 Å². The first-order valence-corrected chi connectivity index (χ1v) is 8.51. The molecule has 3 N–H and O–H groups in total. The van der Waals surface area contributed by atoms with Crippen LogP contribution in [0, 0.1) is 0 Å². The van der Waals surface area contributed by atoms with Crippen molar-refractivity contribution in [3.63, 3.8) is 0 Å². The molecule has 2 heterocycles. The highest BCUT2D eigenvalue weighted by Crippen LogP contribution is 2.31. The van der Waals surface area contributed by atoms with Crippen LogP contribution in [0.1, 0.15) is 12.8 Å². The first kappa shape index (κ1) is 14.2. The zero-order valence-electron chi connectivity index (χ0n) is 12.8. The van der Waals surface area contributed by atoms with E-state index in [0.717, 1.165) is 35.1 Å². The normalized spacial score (nSPS) is 20.0. The van der Waals surface area contributed by atoms with Gasteiger partial charge in [-0.15, -0.1) is 0 Å². The number of nitrogens with zero attached hydrogens (tertiary/aromatic N) is 3. The summed E-state index contributed by atoms with van der Waals surface area (Å²) in [5.74, 6) is 1.61. The maximum Gasteiger partial charge on any atom is 0.184 e. The van der Waals surface area contributed by atoms with Gasteiger partial charge in [0.1, 0.15) is 0 Å². The van der Waals surface area contributed by atoms with Gasteiger partial charge in [-0.3, -0.25) is 0 Å². The molecule has 1 aromatic carbocycles. The summed E-state index contributed by atoms with van der Waals surface area (Å²) >= 11 is 1.71. The van der Waals surface area contributed by atoms with E-state index in [2.05, 4.69) is 43.0 Å². The van der Waals surface area contributed by atoms with Crippen LogP contribution < -0.4 is 16.0 Å². The molecule has 0 aliphatic heterocycles. The molecule has 1 aliphatic rings. The van der Waals surface area contributed by atoms with E-state index in [1.807, 2.05) is 19.2 Å². The highest BCUT2D eigenvalue weighted by atomic mass is 32.1. The summed E-state index contributed by atoms with van der Waals surface area (Å²) in [6.45, 7) is 0. The predicted octanol–water partition coefficient (Wildman–Crippen LogP) is 3.18. The number of thiazole rings is 1. The zero-order valence-corrected chi connectivity index (χ0v) is 13.6. The Morgan fingerprint density at radius 2 is 1.74 bits per heavy atom. The van der Waals surface area contributed by atoms with Crippen molar-refractivity contribution in [3.8, 4) is 0 Å². The second-order valence-electron chi connectivity index (χ2n) is 5.64. The zero-order chi connectivity index (χ0) is 15.6. The monoisotopic (exact) mass is 326 g/mol. The molecule has 1 aliphatic carbocycles. The van der Waals surface area contributed by atoms with Crippen LogP contribution in [0.3, 0.4) is 0 Å². The minimum atomic E-state index is 0.422. The van der Waals surface area contributed by atoms with E-state index in [9.17, 15) is 0 Å². The number of nitrogens with one attached hydrogen (secondary N) is 3. The Balaban J connectivity index is 1.34. The third-order valence-electron chi connectivity index (χ3n) is 4.04. The van der Waals surface area contributed by atoms with Crippen LogP contribution in [0.15, 0.2) is 36.7 Å². The molecule has 0 saturated heterocycles. The van der Waals surface area contributed by atoms with Gasteiger partial charge in [0.05, 0.1) is 10.2 Å². The summed E-state index contributed by atoms with van der Waals surface area (Å²) < 4.78 is 1.22. The largest absolute Gasteiger partial charge is 0.370 e. The van der Waals surface area contributed by atoms with Crippen molar-refractivity contribution in [2.24, 2.45) is 0 Å². The number of benzene rings is 1. The third kappa shape index (κ3) is 2.92. The van der Waals surface area contributed by atoms with Gasteiger partial charge in [0.2, 0.25) is 0 Å². The Kier molecular flexibility index (Phi) is 3.70. The molecule has 7 heteroatoms. The van der Waals surface area contributed by atoms with Gasteiger partial charge in [0, 0.05) is 31.5 Å². The molecule has 0 amide bonds. The summed E-state index contributed by atoms with van der Waals surface area (Å²) in [5, 5.41) is 11.0. The smallest absolute Gasteiger partial charge is 0.184 e. The minimum absolute atomic E-state index is 0.422. The van der Waals surface area contributed by atoms with E-state index in [-0.39, 0.29) is 0 Å². The number of hydrogen-bond acceptors (Lipinski definition) is 7. The highest BCUT2D eigenvalue weighted by Gasteiger charge is 2.30. The molecule has 23 heavy (non-hydrogen) atoms. The van der Waals surface area contributed by atoms with Crippen molar-refractivity contribution >= 4 is 38.3 Å². The number of para-hydroxylation sites is 1. The molecule has 0 unspecified atom stereocenters. The summed E-state index contributed by atoms with van der Waals surface area (Å²) in [7, 11) is 1.85. The molecule has 4 rings (SSSR count). The molecule has 118 valence electrons. The van der Waals surface area contributed by atoms with Crippen molar-refractivity contribution in [1.29, 1.82) is 0 Å². The van der Waals surface area contributed by atoms with Gasteiger partial charge in [0.25, 0.3) is 0 Å². The number of aromatic nitrogens is 3. The topological polar surface area (TPSA) is 74.8 Å². The average Bonchev–Trinajstić information content (AvgIpc) is 2.95. The Hall–Kier alpha value is -2.41. The number of anilines is 3. The van der Waals surface area contributed by atoms with Gasteiger partial charge >= 0.3 is 0 Å².